The van der Waals surface area contributed by atoms with E-state index in [1.165, 1.54) is 13.8 Å². The number of allylic oxidation sites excluding steroid dienone is 2. The number of carbonyl (C=O) groups is 2. The lowest BCUT2D eigenvalue weighted by Gasteiger charge is -2.43. The summed E-state index contributed by atoms with van der Waals surface area (Å²) in [6.07, 6.45) is 2.90. The second kappa shape index (κ2) is 8.12. The monoisotopic (exact) mass is 420 g/mol. The molecule has 0 amide bonds. The molecule has 0 unspecified atom stereocenters. The van der Waals surface area contributed by atoms with E-state index < -0.39 is 23.7 Å². The summed E-state index contributed by atoms with van der Waals surface area (Å²) >= 11 is 0. The highest BCUT2D eigenvalue weighted by atomic mass is 16.6. The van der Waals surface area contributed by atoms with Gasteiger partial charge in [-0.05, 0) is 46.0 Å². The van der Waals surface area contributed by atoms with Crippen molar-refractivity contribution in [3.63, 3.8) is 0 Å². The highest BCUT2D eigenvalue weighted by Gasteiger charge is 2.63. The Hall–Kier alpha value is -1.66. The minimum absolute atomic E-state index is 0.0615. The Morgan fingerprint density at radius 2 is 1.83 bits per heavy atom. The first-order valence-corrected chi connectivity index (χ1v) is 10.9. The van der Waals surface area contributed by atoms with E-state index in [0.29, 0.717) is 12.8 Å². The van der Waals surface area contributed by atoms with Crippen LogP contribution in [-0.2, 0) is 23.8 Å². The Balaban J connectivity index is 2.14. The summed E-state index contributed by atoms with van der Waals surface area (Å²) in [5.74, 6) is -1.07. The SMILES string of the molecule is C=C(C)[C@@H]1C[C@H](OC(C)=O)[C@@]2(C)[C@H]1[C@@H](OC(C)=O)C[C@]1(C)O[C@H]1CC/C(C)=C/[C@H]2O. The Kier molecular flexibility index (Phi) is 6.23. The number of fused-ring (bicyclic) bond motifs is 2. The lowest BCUT2D eigenvalue weighted by atomic mass is 9.66. The summed E-state index contributed by atoms with van der Waals surface area (Å²) < 4.78 is 17.7. The molecule has 8 atom stereocenters. The predicted molar refractivity (Wildman–Crippen MR) is 113 cm³/mol. The van der Waals surface area contributed by atoms with Crippen molar-refractivity contribution in [2.24, 2.45) is 17.3 Å². The summed E-state index contributed by atoms with van der Waals surface area (Å²) in [6.45, 7) is 14.9. The molecule has 168 valence electrons. The van der Waals surface area contributed by atoms with Crippen LogP contribution in [0.15, 0.2) is 23.8 Å². The van der Waals surface area contributed by atoms with Crippen LogP contribution in [0.5, 0.6) is 0 Å². The number of rotatable bonds is 3. The molecule has 2 aliphatic carbocycles. The number of aliphatic hydroxyl groups excluding tert-OH is 1. The van der Waals surface area contributed by atoms with E-state index in [0.717, 1.165) is 24.0 Å². The van der Waals surface area contributed by atoms with Crippen molar-refractivity contribution in [3.05, 3.63) is 23.8 Å². The van der Waals surface area contributed by atoms with Crippen molar-refractivity contribution < 1.29 is 28.9 Å². The van der Waals surface area contributed by atoms with E-state index in [1.807, 2.05) is 26.8 Å². The maximum atomic E-state index is 12.1. The van der Waals surface area contributed by atoms with Gasteiger partial charge in [-0.25, -0.2) is 0 Å². The molecule has 0 aromatic heterocycles. The van der Waals surface area contributed by atoms with Crippen LogP contribution in [0.1, 0.15) is 67.2 Å². The summed E-state index contributed by atoms with van der Waals surface area (Å²) in [6, 6.07) is 0. The summed E-state index contributed by atoms with van der Waals surface area (Å²) in [5.41, 5.74) is 0.808. The van der Waals surface area contributed by atoms with Gasteiger partial charge in [-0.15, -0.1) is 0 Å². The van der Waals surface area contributed by atoms with Crippen LogP contribution >= 0.6 is 0 Å². The normalized spacial score (nSPS) is 45.1. The van der Waals surface area contributed by atoms with Crippen molar-refractivity contribution in [1.82, 2.24) is 0 Å². The van der Waals surface area contributed by atoms with Crippen molar-refractivity contribution >= 4 is 11.9 Å². The molecule has 0 spiro atoms. The standard InChI is InChI=1S/C24H36O6/c1-13(2)17-11-21(29-16(5)26)24(7)19(27)10-14(3)8-9-20-23(6,30-20)12-18(22(17)24)28-15(4)25/h10,17-22,27H,1,8-9,11-12H2,2-7H3/b14-10+/t17-,18-,19+,20-,21-,22+,23-,24-/m0/s1. The first-order chi connectivity index (χ1) is 13.9. The number of carbonyl (C=O) groups excluding carboxylic acids is 2. The second-order valence-corrected chi connectivity index (χ2v) is 9.95. The van der Waals surface area contributed by atoms with Gasteiger partial charge in [0.25, 0.3) is 0 Å². The van der Waals surface area contributed by atoms with Crippen molar-refractivity contribution in [1.29, 1.82) is 0 Å². The van der Waals surface area contributed by atoms with Gasteiger partial charge in [0.05, 0.1) is 17.8 Å². The third kappa shape index (κ3) is 4.22. The highest BCUT2D eigenvalue weighted by Crippen LogP contribution is 2.58. The second-order valence-electron chi connectivity index (χ2n) is 9.95. The van der Waals surface area contributed by atoms with Gasteiger partial charge in [-0.2, -0.15) is 0 Å². The average molecular weight is 421 g/mol. The zero-order chi connectivity index (χ0) is 22.4. The van der Waals surface area contributed by atoms with Gasteiger partial charge in [0, 0.05) is 31.6 Å². The molecule has 1 saturated carbocycles. The molecule has 1 saturated heterocycles. The average Bonchev–Trinajstić information content (AvgIpc) is 3.14. The van der Waals surface area contributed by atoms with E-state index >= 15 is 0 Å². The third-order valence-electron chi connectivity index (χ3n) is 7.49. The molecule has 1 N–H and O–H groups in total. The van der Waals surface area contributed by atoms with Crippen molar-refractivity contribution in [2.45, 2.75) is 97.2 Å². The number of hydrogen-bond acceptors (Lipinski definition) is 6. The van der Waals surface area contributed by atoms with E-state index in [9.17, 15) is 14.7 Å². The Bertz CT molecular complexity index is 757. The van der Waals surface area contributed by atoms with Crippen LogP contribution in [0.2, 0.25) is 0 Å². The molecule has 0 bridgehead atoms. The predicted octanol–water partition coefficient (Wildman–Crippen LogP) is 3.72. The molecule has 6 heteroatoms. The van der Waals surface area contributed by atoms with Gasteiger partial charge in [-0.1, -0.05) is 30.7 Å². The molecule has 0 radical (unpaired) electrons. The smallest absolute Gasteiger partial charge is 0.302 e. The molecular weight excluding hydrogens is 384 g/mol. The number of hydrogen-bond donors (Lipinski definition) is 1. The Morgan fingerprint density at radius 1 is 1.20 bits per heavy atom. The van der Waals surface area contributed by atoms with Crippen LogP contribution in [-0.4, -0.2) is 47.1 Å². The fraction of sp³-hybridized carbons (Fsp3) is 0.750. The van der Waals surface area contributed by atoms with Gasteiger partial charge in [0.15, 0.2) is 0 Å². The number of esters is 2. The molecule has 2 fully saturated rings. The van der Waals surface area contributed by atoms with E-state index in [1.54, 1.807) is 0 Å². The molecule has 6 nitrogen and oxygen atoms in total. The van der Waals surface area contributed by atoms with Crippen LogP contribution in [0, 0.1) is 17.3 Å². The topological polar surface area (TPSA) is 85.4 Å². The fourth-order valence-corrected chi connectivity index (χ4v) is 5.79. The zero-order valence-electron chi connectivity index (χ0n) is 19.1. The first-order valence-electron chi connectivity index (χ1n) is 10.9. The van der Waals surface area contributed by atoms with Crippen LogP contribution in [0.25, 0.3) is 0 Å². The maximum absolute atomic E-state index is 12.1. The van der Waals surface area contributed by atoms with Gasteiger partial charge < -0.3 is 19.3 Å². The zero-order valence-corrected chi connectivity index (χ0v) is 19.1. The molecule has 3 rings (SSSR count). The van der Waals surface area contributed by atoms with E-state index in [2.05, 4.69) is 13.5 Å². The summed E-state index contributed by atoms with van der Waals surface area (Å²) in [4.78, 5) is 24.0. The number of epoxide rings is 1. The number of ether oxygens (including phenoxy) is 3. The number of aliphatic hydroxyl groups is 1. The van der Waals surface area contributed by atoms with E-state index in [-0.39, 0.29) is 35.5 Å². The molecule has 1 heterocycles. The lowest BCUT2D eigenvalue weighted by Crippen LogP contribution is -2.50. The molecule has 30 heavy (non-hydrogen) atoms. The molecule has 0 aromatic carbocycles. The summed E-state index contributed by atoms with van der Waals surface area (Å²) in [5, 5.41) is 11.4. The Morgan fingerprint density at radius 3 is 2.40 bits per heavy atom. The largest absolute Gasteiger partial charge is 0.462 e. The van der Waals surface area contributed by atoms with Crippen molar-refractivity contribution in [3.8, 4) is 0 Å². The highest BCUT2D eigenvalue weighted by molar-refractivity contribution is 5.67. The van der Waals surface area contributed by atoms with Gasteiger partial charge in [0.2, 0.25) is 0 Å². The first kappa shape index (κ1) is 23.0. The van der Waals surface area contributed by atoms with Crippen molar-refractivity contribution in [2.75, 3.05) is 0 Å². The van der Waals surface area contributed by atoms with Gasteiger partial charge in [-0.3, -0.25) is 9.59 Å². The minimum atomic E-state index is -0.850. The van der Waals surface area contributed by atoms with Gasteiger partial charge in [0.1, 0.15) is 12.2 Å². The van der Waals surface area contributed by atoms with Crippen LogP contribution < -0.4 is 0 Å². The quantitative estimate of drug-likeness (QED) is 0.426. The molecule has 0 aromatic rings. The van der Waals surface area contributed by atoms with Crippen LogP contribution in [0.3, 0.4) is 0 Å². The van der Waals surface area contributed by atoms with Gasteiger partial charge >= 0.3 is 11.9 Å². The molecular formula is C24H36O6. The Labute approximate surface area is 179 Å². The van der Waals surface area contributed by atoms with E-state index in [4.69, 9.17) is 14.2 Å². The molecule has 1 aliphatic heterocycles. The molecule has 3 aliphatic rings. The third-order valence-corrected chi connectivity index (χ3v) is 7.49. The van der Waals surface area contributed by atoms with Crippen LogP contribution in [0.4, 0.5) is 0 Å². The maximum Gasteiger partial charge on any atom is 0.302 e. The minimum Gasteiger partial charge on any atom is -0.462 e. The lowest BCUT2D eigenvalue weighted by molar-refractivity contribution is -0.168. The fourth-order valence-electron chi connectivity index (χ4n) is 5.79. The summed E-state index contributed by atoms with van der Waals surface area (Å²) in [7, 11) is 0.